The maximum Gasteiger partial charge on any atom is 0.305 e. The van der Waals surface area contributed by atoms with E-state index in [2.05, 4.69) is 10.4 Å². The van der Waals surface area contributed by atoms with Crippen LogP contribution in [0.5, 0.6) is 0 Å². The number of hydrogen-bond acceptors (Lipinski definition) is 3. The molecule has 1 atom stereocenters. The van der Waals surface area contributed by atoms with Gasteiger partial charge in [0.05, 0.1) is 24.2 Å². The molecule has 0 radical (unpaired) electrons. The number of fused-ring (bicyclic) bond motifs is 1. The molecule has 6 nitrogen and oxygen atoms in total. The minimum Gasteiger partial charge on any atom is -0.481 e. The number of aliphatic carboxylic acids is 1. The fourth-order valence-electron chi connectivity index (χ4n) is 2.65. The molecule has 1 heterocycles. The van der Waals surface area contributed by atoms with Gasteiger partial charge in [0.2, 0.25) is 5.91 Å². The summed E-state index contributed by atoms with van der Waals surface area (Å²) in [6.45, 7) is -0.0369. The zero-order valence-electron chi connectivity index (χ0n) is 13.2. The Kier molecular flexibility index (Phi) is 4.74. The van der Waals surface area contributed by atoms with Crippen LogP contribution >= 0.6 is 0 Å². The number of hydrogen-bond donors (Lipinski definition) is 2. The van der Waals surface area contributed by atoms with Gasteiger partial charge in [0.25, 0.3) is 0 Å². The molecule has 0 aliphatic heterocycles. The van der Waals surface area contributed by atoms with Crippen molar-refractivity contribution in [3.8, 4) is 0 Å². The van der Waals surface area contributed by atoms with Gasteiger partial charge in [-0.15, -0.1) is 0 Å². The molecule has 0 aliphatic carbocycles. The molecule has 2 N–H and O–H groups in total. The quantitative estimate of drug-likeness (QED) is 0.721. The number of amides is 1. The summed E-state index contributed by atoms with van der Waals surface area (Å²) in [5.41, 5.74) is 1.34. The summed E-state index contributed by atoms with van der Waals surface area (Å²) in [7, 11) is 0. The van der Waals surface area contributed by atoms with E-state index in [-0.39, 0.29) is 18.9 Å². The normalized spacial score (nSPS) is 12.0. The summed E-state index contributed by atoms with van der Waals surface area (Å²) < 4.78 is 14.6. The van der Waals surface area contributed by atoms with Crippen LogP contribution in [0, 0.1) is 5.82 Å². The van der Waals surface area contributed by atoms with Gasteiger partial charge in [-0.2, -0.15) is 5.10 Å². The standard InChI is InChI=1S/C18H16FN3O3/c19-14-7-5-12(6-8-14)15(9-18(24)25)21-17(23)11-22-16-4-2-1-3-13(16)10-20-22/h1-8,10,15H,9,11H2,(H,21,23)(H,24,25)/t15-/m1/s1. The molecular formula is C18H16FN3O3. The fourth-order valence-corrected chi connectivity index (χ4v) is 2.65. The first-order chi connectivity index (χ1) is 12.0. The van der Waals surface area contributed by atoms with Gasteiger partial charge in [-0.25, -0.2) is 4.39 Å². The number of rotatable bonds is 6. The second-order valence-corrected chi connectivity index (χ2v) is 5.63. The zero-order valence-corrected chi connectivity index (χ0v) is 13.2. The Morgan fingerprint density at radius 3 is 2.60 bits per heavy atom. The molecule has 3 rings (SSSR count). The summed E-state index contributed by atoms with van der Waals surface area (Å²) in [6, 6.07) is 12.1. The molecule has 0 bridgehead atoms. The first kappa shape index (κ1) is 16.6. The number of carbonyl (C=O) groups excluding carboxylic acids is 1. The van der Waals surface area contributed by atoms with Crippen molar-refractivity contribution in [1.29, 1.82) is 0 Å². The lowest BCUT2D eigenvalue weighted by molar-refractivity contribution is -0.137. The molecule has 7 heteroatoms. The van der Waals surface area contributed by atoms with Crippen molar-refractivity contribution in [1.82, 2.24) is 15.1 Å². The largest absolute Gasteiger partial charge is 0.481 e. The monoisotopic (exact) mass is 341 g/mol. The summed E-state index contributed by atoms with van der Waals surface area (Å²) in [5.74, 6) is -1.85. The van der Waals surface area contributed by atoms with Crippen LogP contribution in [0.2, 0.25) is 0 Å². The number of carboxylic acids is 1. The molecule has 0 unspecified atom stereocenters. The highest BCUT2D eigenvalue weighted by Crippen LogP contribution is 2.18. The number of nitrogens with zero attached hydrogens (tertiary/aromatic N) is 2. The highest BCUT2D eigenvalue weighted by atomic mass is 19.1. The van der Waals surface area contributed by atoms with Crippen molar-refractivity contribution in [2.45, 2.75) is 19.0 Å². The molecule has 0 spiro atoms. The van der Waals surface area contributed by atoms with Gasteiger partial charge >= 0.3 is 5.97 Å². The van der Waals surface area contributed by atoms with Crippen molar-refractivity contribution >= 4 is 22.8 Å². The lowest BCUT2D eigenvalue weighted by Gasteiger charge is -2.17. The van der Waals surface area contributed by atoms with Crippen LogP contribution in [0.4, 0.5) is 4.39 Å². The van der Waals surface area contributed by atoms with Crippen LogP contribution in [0.15, 0.2) is 54.7 Å². The predicted octanol–water partition coefficient (Wildman–Crippen LogP) is 2.51. The average Bonchev–Trinajstić information content (AvgIpc) is 2.98. The van der Waals surface area contributed by atoms with Gasteiger partial charge in [0.15, 0.2) is 0 Å². The minimum absolute atomic E-state index is 0.0369. The van der Waals surface area contributed by atoms with Gasteiger partial charge in [-0.05, 0) is 23.8 Å². The number of aromatic nitrogens is 2. The van der Waals surface area contributed by atoms with Crippen molar-refractivity contribution in [3.63, 3.8) is 0 Å². The molecule has 25 heavy (non-hydrogen) atoms. The predicted molar refractivity (Wildman–Crippen MR) is 89.3 cm³/mol. The Hall–Kier alpha value is -3.22. The average molecular weight is 341 g/mol. The van der Waals surface area contributed by atoms with Crippen LogP contribution < -0.4 is 5.32 Å². The highest BCUT2D eigenvalue weighted by Gasteiger charge is 2.19. The Bertz CT molecular complexity index is 905. The molecule has 128 valence electrons. The van der Waals surface area contributed by atoms with Crippen LogP contribution in [-0.2, 0) is 16.1 Å². The molecular weight excluding hydrogens is 325 g/mol. The summed E-state index contributed by atoms with van der Waals surface area (Å²) >= 11 is 0. The van der Waals surface area contributed by atoms with Crippen LogP contribution in [0.3, 0.4) is 0 Å². The Morgan fingerprint density at radius 1 is 1.16 bits per heavy atom. The molecule has 0 fully saturated rings. The third-order valence-electron chi connectivity index (χ3n) is 3.83. The van der Waals surface area contributed by atoms with E-state index in [4.69, 9.17) is 5.11 Å². The van der Waals surface area contributed by atoms with Gasteiger partial charge in [0, 0.05) is 5.39 Å². The second-order valence-electron chi connectivity index (χ2n) is 5.63. The zero-order chi connectivity index (χ0) is 17.8. The second kappa shape index (κ2) is 7.12. The molecule has 1 aromatic heterocycles. The Morgan fingerprint density at radius 2 is 1.88 bits per heavy atom. The maximum atomic E-state index is 13.1. The number of halogens is 1. The fraction of sp³-hybridized carbons (Fsp3) is 0.167. The topological polar surface area (TPSA) is 84.2 Å². The smallest absolute Gasteiger partial charge is 0.305 e. The first-order valence-electron chi connectivity index (χ1n) is 7.70. The lowest BCUT2D eigenvalue weighted by atomic mass is 10.0. The van der Waals surface area contributed by atoms with Crippen molar-refractivity contribution in [2.75, 3.05) is 0 Å². The van der Waals surface area contributed by atoms with Gasteiger partial charge in [0.1, 0.15) is 12.4 Å². The van der Waals surface area contributed by atoms with E-state index >= 15 is 0 Å². The lowest BCUT2D eigenvalue weighted by Crippen LogP contribution is -2.33. The van der Waals surface area contributed by atoms with E-state index in [1.54, 1.807) is 10.9 Å². The van der Waals surface area contributed by atoms with Gasteiger partial charge in [-0.1, -0.05) is 30.3 Å². The number of nitrogens with one attached hydrogen (secondary N) is 1. The van der Waals surface area contributed by atoms with Crippen molar-refractivity contribution in [3.05, 3.63) is 66.1 Å². The van der Waals surface area contributed by atoms with Gasteiger partial charge in [-0.3, -0.25) is 14.3 Å². The third kappa shape index (κ3) is 4.00. The van der Waals surface area contributed by atoms with E-state index in [0.717, 1.165) is 10.9 Å². The number of carbonyl (C=O) groups is 2. The number of para-hydroxylation sites is 1. The minimum atomic E-state index is -1.06. The van der Waals surface area contributed by atoms with E-state index in [1.807, 2.05) is 24.3 Å². The summed E-state index contributed by atoms with van der Waals surface area (Å²) in [6.07, 6.45) is 1.37. The van der Waals surface area contributed by atoms with Gasteiger partial charge < -0.3 is 10.4 Å². The van der Waals surface area contributed by atoms with E-state index in [9.17, 15) is 14.0 Å². The van der Waals surface area contributed by atoms with Crippen LogP contribution in [-0.4, -0.2) is 26.8 Å². The molecule has 3 aromatic rings. The molecule has 0 aliphatic rings. The van der Waals surface area contributed by atoms with Crippen molar-refractivity contribution in [2.24, 2.45) is 0 Å². The Labute approximate surface area is 142 Å². The van der Waals surface area contributed by atoms with E-state index in [0.29, 0.717) is 5.56 Å². The Balaban J connectivity index is 1.75. The number of carboxylic acid groups (broad SMARTS) is 1. The molecule has 1 amide bonds. The molecule has 0 saturated heterocycles. The van der Waals surface area contributed by atoms with Crippen LogP contribution in [0.25, 0.3) is 10.9 Å². The SMILES string of the molecule is O=C(O)C[C@@H](NC(=O)Cn1ncc2ccccc21)c1ccc(F)cc1. The summed E-state index contributed by atoms with van der Waals surface area (Å²) in [5, 5.41) is 16.8. The number of benzene rings is 2. The van der Waals surface area contributed by atoms with Crippen LogP contribution in [0.1, 0.15) is 18.0 Å². The van der Waals surface area contributed by atoms with Crippen molar-refractivity contribution < 1.29 is 19.1 Å². The third-order valence-corrected chi connectivity index (χ3v) is 3.83. The highest BCUT2D eigenvalue weighted by molar-refractivity contribution is 5.82. The molecule has 0 saturated carbocycles. The van der Waals surface area contributed by atoms with E-state index in [1.165, 1.54) is 24.3 Å². The molecule has 2 aromatic carbocycles. The van der Waals surface area contributed by atoms with E-state index < -0.39 is 17.8 Å². The maximum absolute atomic E-state index is 13.1. The first-order valence-corrected chi connectivity index (χ1v) is 7.70. The summed E-state index contributed by atoms with van der Waals surface area (Å²) in [4.78, 5) is 23.4.